The van der Waals surface area contributed by atoms with Crippen molar-refractivity contribution in [3.05, 3.63) is 83.0 Å². The molecule has 6 heteroatoms. The van der Waals surface area contributed by atoms with Gasteiger partial charge in [-0.1, -0.05) is 24.8 Å². The molecule has 0 aliphatic rings. The molecule has 0 saturated heterocycles. The predicted molar refractivity (Wildman–Crippen MR) is 132 cm³/mol. The fraction of sp³-hybridized carbons (Fsp3) is 0.192. The number of methoxy groups -OCH3 is 2. The molecule has 0 atom stereocenters. The molecule has 3 aromatic carbocycles. The van der Waals surface area contributed by atoms with Crippen LogP contribution < -0.4 is 19.6 Å². The standard InChI is InChI=1S/C26H25NO4S/c1-5-12-31-26-23(29-2)13-17(14-24(26)30-3)16-27-21-9-7-6-8-19(21)25(28)20-11-10-18(32-4)15-22(20)27/h5-11,13-15H,1,12,16H2,2-4H3. The molecule has 164 valence electrons. The number of thioether (sulfide) groups is 1. The Morgan fingerprint density at radius 1 is 0.969 bits per heavy atom. The maximum absolute atomic E-state index is 13.2. The molecular weight excluding hydrogens is 422 g/mol. The number of hydrogen-bond donors (Lipinski definition) is 0. The molecule has 1 heterocycles. The lowest BCUT2D eigenvalue weighted by molar-refractivity contribution is 0.300. The fourth-order valence-electron chi connectivity index (χ4n) is 3.89. The molecule has 0 bridgehead atoms. The van der Waals surface area contributed by atoms with E-state index in [-0.39, 0.29) is 5.43 Å². The lowest BCUT2D eigenvalue weighted by atomic mass is 10.1. The highest BCUT2D eigenvalue weighted by Gasteiger charge is 2.16. The monoisotopic (exact) mass is 447 g/mol. The molecule has 0 saturated carbocycles. The topological polar surface area (TPSA) is 49.7 Å². The minimum absolute atomic E-state index is 0.0443. The third-order valence-corrected chi connectivity index (χ3v) is 6.11. The van der Waals surface area contributed by atoms with E-state index in [1.165, 1.54) is 0 Å². The number of hydrogen-bond acceptors (Lipinski definition) is 5. The van der Waals surface area contributed by atoms with Crippen molar-refractivity contribution in [1.82, 2.24) is 4.57 Å². The van der Waals surface area contributed by atoms with Gasteiger partial charge in [-0.25, -0.2) is 0 Å². The smallest absolute Gasteiger partial charge is 0.203 e. The number of benzene rings is 3. The van der Waals surface area contributed by atoms with Crippen molar-refractivity contribution in [3.63, 3.8) is 0 Å². The third kappa shape index (κ3) is 3.94. The summed E-state index contributed by atoms with van der Waals surface area (Å²) in [6, 6.07) is 17.6. The van der Waals surface area contributed by atoms with Crippen LogP contribution in [-0.4, -0.2) is 31.6 Å². The summed E-state index contributed by atoms with van der Waals surface area (Å²) in [5.41, 5.74) is 2.79. The maximum atomic E-state index is 13.2. The first-order valence-corrected chi connectivity index (χ1v) is 11.4. The van der Waals surface area contributed by atoms with E-state index in [0.717, 1.165) is 21.5 Å². The summed E-state index contributed by atoms with van der Waals surface area (Å²) in [7, 11) is 3.21. The van der Waals surface area contributed by atoms with Crippen molar-refractivity contribution in [3.8, 4) is 17.2 Å². The number of pyridine rings is 1. The molecular formula is C26H25NO4S. The molecule has 1 aromatic heterocycles. The Morgan fingerprint density at radius 3 is 2.31 bits per heavy atom. The van der Waals surface area contributed by atoms with Crippen LogP contribution >= 0.6 is 11.8 Å². The van der Waals surface area contributed by atoms with Gasteiger partial charge in [0.1, 0.15) is 6.61 Å². The zero-order valence-electron chi connectivity index (χ0n) is 18.4. The van der Waals surface area contributed by atoms with Crippen LogP contribution in [0.25, 0.3) is 21.8 Å². The normalized spacial score (nSPS) is 11.0. The zero-order valence-corrected chi connectivity index (χ0v) is 19.2. The second-order valence-corrected chi connectivity index (χ2v) is 8.12. The largest absolute Gasteiger partial charge is 0.493 e. The van der Waals surface area contributed by atoms with Crippen molar-refractivity contribution in [2.24, 2.45) is 0 Å². The van der Waals surface area contributed by atoms with Crippen LogP contribution in [0.4, 0.5) is 0 Å². The van der Waals surface area contributed by atoms with Gasteiger partial charge in [0.15, 0.2) is 16.9 Å². The minimum Gasteiger partial charge on any atom is -0.493 e. The molecule has 0 spiro atoms. The molecule has 0 N–H and O–H groups in total. The quantitative estimate of drug-likeness (QED) is 0.203. The van der Waals surface area contributed by atoms with Gasteiger partial charge in [-0.15, -0.1) is 11.8 Å². The third-order valence-electron chi connectivity index (χ3n) is 5.39. The summed E-state index contributed by atoms with van der Waals surface area (Å²) in [5.74, 6) is 1.71. The fourth-order valence-corrected chi connectivity index (χ4v) is 4.33. The summed E-state index contributed by atoms with van der Waals surface area (Å²) < 4.78 is 19.1. The van der Waals surface area contributed by atoms with Gasteiger partial charge in [0.2, 0.25) is 5.75 Å². The van der Waals surface area contributed by atoms with Gasteiger partial charge in [0.25, 0.3) is 0 Å². The minimum atomic E-state index is 0.0443. The van der Waals surface area contributed by atoms with E-state index < -0.39 is 0 Å². The van der Waals surface area contributed by atoms with Crippen LogP contribution in [0.1, 0.15) is 5.56 Å². The van der Waals surface area contributed by atoms with Crippen LogP contribution in [0.5, 0.6) is 17.2 Å². The summed E-state index contributed by atoms with van der Waals surface area (Å²) in [6.07, 6.45) is 3.71. The van der Waals surface area contributed by atoms with Crippen molar-refractivity contribution in [2.45, 2.75) is 11.4 Å². The van der Waals surface area contributed by atoms with E-state index in [4.69, 9.17) is 14.2 Å². The highest BCUT2D eigenvalue weighted by Crippen LogP contribution is 2.39. The molecule has 0 amide bonds. The Balaban J connectivity index is 1.94. The lowest BCUT2D eigenvalue weighted by Gasteiger charge is -2.19. The Morgan fingerprint density at radius 2 is 1.66 bits per heavy atom. The molecule has 0 aliphatic heterocycles. The Labute approximate surface area is 191 Å². The molecule has 5 nitrogen and oxygen atoms in total. The first-order valence-electron chi connectivity index (χ1n) is 10.2. The molecule has 0 radical (unpaired) electrons. The summed E-state index contributed by atoms with van der Waals surface area (Å²) >= 11 is 1.65. The SMILES string of the molecule is C=CCOc1c(OC)cc(Cn2c3ccccc3c(=O)c3ccc(SC)cc32)cc1OC. The van der Waals surface area contributed by atoms with Gasteiger partial charge in [0.05, 0.1) is 25.3 Å². The van der Waals surface area contributed by atoms with E-state index in [1.54, 1.807) is 32.1 Å². The van der Waals surface area contributed by atoms with Gasteiger partial charge in [-0.05, 0) is 54.3 Å². The predicted octanol–water partition coefficient (Wildman–Crippen LogP) is 5.51. The lowest BCUT2D eigenvalue weighted by Crippen LogP contribution is -2.12. The number of ether oxygens (including phenoxy) is 3. The second-order valence-electron chi connectivity index (χ2n) is 7.24. The molecule has 0 fully saturated rings. The van der Waals surface area contributed by atoms with Crippen LogP contribution in [-0.2, 0) is 6.54 Å². The van der Waals surface area contributed by atoms with E-state index in [2.05, 4.69) is 17.2 Å². The maximum Gasteiger partial charge on any atom is 0.203 e. The molecule has 32 heavy (non-hydrogen) atoms. The van der Waals surface area contributed by atoms with Gasteiger partial charge in [0, 0.05) is 22.2 Å². The number of aromatic nitrogens is 1. The first kappa shape index (κ1) is 21.8. The number of nitrogens with zero attached hydrogens (tertiary/aromatic N) is 1. The van der Waals surface area contributed by atoms with Gasteiger partial charge < -0.3 is 18.8 Å². The first-order chi connectivity index (χ1) is 15.6. The Hall–Kier alpha value is -3.38. The van der Waals surface area contributed by atoms with Crippen LogP contribution in [0.3, 0.4) is 0 Å². The molecule has 4 rings (SSSR count). The van der Waals surface area contributed by atoms with Gasteiger partial charge >= 0.3 is 0 Å². The highest BCUT2D eigenvalue weighted by atomic mass is 32.2. The van der Waals surface area contributed by atoms with Gasteiger partial charge in [-0.3, -0.25) is 4.79 Å². The summed E-state index contributed by atoms with van der Waals surface area (Å²) in [5, 5.41) is 1.40. The average molecular weight is 448 g/mol. The van der Waals surface area contributed by atoms with Crippen molar-refractivity contribution < 1.29 is 14.2 Å². The Bertz CT molecular complexity index is 1330. The number of rotatable bonds is 8. The van der Waals surface area contributed by atoms with E-state index >= 15 is 0 Å². The highest BCUT2D eigenvalue weighted by molar-refractivity contribution is 7.98. The average Bonchev–Trinajstić information content (AvgIpc) is 2.84. The van der Waals surface area contributed by atoms with E-state index in [0.29, 0.717) is 41.2 Å². The van der Waals surface area contributed by atoms with Crippen molar-refractivity contribution in [2.75, 3.05) is 27.1 Å². The zero-order chi connectivity index (χ0) is 22.7. The van der Waals surface area contributed by atoms with Crippen molar-refractivity contribution in [1.29, 1.82) is 0 Å². The van der Waals surface area contributed by atoms with Crippen LogP contribution in [0.2, 0.25) is 0 Å². The van der Waals surface area contributed by atoms with E-state index in [1.807, 2.05) is 54.8 Å². The second kappa shape index (κ2) is 9.40. The molecule has 0 aliphatic carbocycles. The van der Waals surface area contributed by atoms with E-state index in [9.17, 15) is 4.79 Å². The number of fused-ring (bicyclic) bond motifs is 2. The summed E-state index contributed by atoms with van der Waals surface area (Å²) in [4.78, 5) is 14.3. The molecule has 4 aromatic rings. The van der Waals surface area contributed by atoms with Crippen molar-refractivity contribution >= 4 is 33.6 Å². The molecule has 0 unspecified atom stereocenters. The van der Waals surface area contributed by atoms with Crippen LogP contribution in [0.15, 0.2) is 76.9 Å². The summed E-state index contributed by atoms with van der Waals surface area (Å²) in [6.45, 7) is 4.58. The number of para-hydroxylation sites is 1. The Kier molecular flexibility index (Phi) is 6.42. The van der Waals surface area contributed by atoms with Gasteiger partial charge in [-0.2, -0.15) is 0 Å². The van der Waals surface area contributed by atoms with Crippen LogP contribution in [0, 0.1) is 0 Å².